The van der Waals surface area contributed by atoms with Crippen LogP contribution in [0.15, 0.2) is 30.3 Å². The van der Waals surface area contributed by atoms with Crippen LogP contribution in [0.2, 0.25) is 0 Å². The Kier molecular flexibility index (Phi) is 3.22. The summed E-state index contributed by atoms with van der Waals surface area (Å²) in [6.07, 6.45) is 0. The van der Waals surface area contributed by atoms with Gasteiger partial charge >= 0.3 is 0 Å². The zero-order valence-electron chi connectivity index (χ0n) is 11.9. The first kappa shape index (κ1) is 13.1. The number of halogens is 1. The first-order valence-corrected chi connectivity index (χ1v) is 6.88. The van der Waals surface area contributed by atoms with Crippen LogP contribution in [-0.4, -0.2) is 4.90 Å². The minimum atomic E-state index is -0.0915. The van der Waals surface area contributed by atoms with Gasteiger partial charge in [-0.3, -0.25) is 4.90 Å². The molecule has 0 aromatic heterocycles. The number of hydrogen-bond acceptors (Lipinski definition) is 2. The van der Waals surface area contributed by atoms with Crippen molar-refractivity contribution in [3.63, 3.8) is 0 Å². The Morgan fingerprint density at radius 2 is 1.70 bits per heavy atom. The van der Waals surface area contributed by atoms with Crippen LogP contribution in [0.25, 0.3) is 0 Å². The Labute approximate surface area is 119 Å². The monoisotopic (exact) mass is 270 g/mol. The van der Waals surface area contributed by atoms with Crippen molar-refractivity contribution in [2.45, 2.75) is 33.5 Å². The SMILES string of the molecule is Cc1cc(CN2Cc3ccc(N)cc3C2)cc(C)c1F. The van der Waals surface area contributed by atoms with Crippen LogP contribution in [0, 0.1) is 19.7 Å². The Bertz CT molecular complexity index is 641. The van der Waals surface area contributed by atoms with Crippen LogP contribution in [-0.2, 0) is 19.6 Å². The number of aryl methyl sites for hydroxylation is 2. The number of fused-ring (bicyclic) bond motifs is 1. The van der Waals surface area contributed by atoms with E-state index in [0.717, 1.165) is 36.4 Å². The molecule has 0 saturated carbocycles. The van der Waals surface area contributed by atoms with Gasteiger partial charge in [-0.2, -0.15) is 0 Å². The molecule has 0 atom stereocenters. The van der Waals surface area contributed by atoms with E-state index in [-0.39, 0.29) is 5.82 Å². The molecule has 20 heavy (non-hydrogen) atoms. The molecule has 0 bridgehead atoms. The summed E-state index contributed by atoms with van der Waals surface area (Å²) in [6, 6.07) is 10.00. The maximum atomic E-state index is 13.7. The van der Waals surface area contributed by atoms with Crippen LogP contribution < -0.4 is 5.73 Å². The molecule has 1 heterocycles. The fraction of sp³-hybridized carbons (Fsp3) is 0.294. The lowest BCUT2D eigenvalue weighted by atomic mass is 10.1. The molecule has 1 aliphatic heterocycles. The molecule has 104 valence electrons. The van der Waals surface area contributed by atoms with Crippen molar-refractivity contribution in [1.29, 1.82) is 0 Å². The number of nitrogen functional groups attached to an aromatic ring is 1. The minimum Gasteiger partial charge on any atom is -0.399 e. The van der Waals surface area contributed by atoms with Crippen molar-refractivity contribution in [1.82, 2.24) is 4.90 Å². The van der Waals surface area contributed by atoms with Crippen LogP contribution in [0.4, 0.5) is 10.1 Å². The van der Waals surface area contributed by atoms with Crippen molar-refractivity contribution in [2.75, 3.05) is 5.73 Å². The smallest absolute Gasteiger partial charge is 0.129 e. The lowest BCUT2D eigenvalue weighted by Crippen LogP contribution is -2.16. The van der Waals surface area contributed by atoms with E-state index >= 15 is 0 Å². The number of nitrogens with two attached hydrogens (primary N) is 1. The van der Waals surface area contributed by atoms with Gasteiger partial charge in [0.2, 0.25) is 0 Å². The van der Waals surface area contributed by atoms with Crippen molar-refractivity contribution < 1.29 is 4.39 Å². The van der Waals surface area contributed by atoms with E-state index < -0.39 is 0 Å². The molecule has 0 amide bonds. The fourth-order valence-electron chi connectivity index (χ4n) is 2.98. The van der Waals surface area contributed by atoms with Crippen LogP contribution >= 0.6 is 0 Å². The molecule has 3 heteroatoms. The van der Waals surface area contributed by atoms with Crippen molar-refractivity contribution in [3.05, 3.63) is 64.0 Å². The molecule has 0 aliphatic carbocycles. The van der Waals surface area contributed by atoms with Gasteiger partial charge in [0, 0.05) is 25.3 Å². The van der Waals surface area contributed by atoms with Gasteiger partial charge in [0.25, 0.3) is 0 Å². The van der Waals surface area contributed by atoms with Gasteiger partial charge in [0.15, 0.2) is 0 Å². The summed E-state index contributed by atoms with van der Waals surface area (Å²) in [5.74, 6) is -0.0915. The highest BCUT2D eigenvalue weighted by molar-refractivity contribution is 5.46. The predicted octanol–water partition coefficient (Wildman–Crippen LogP) is 3.54. The summed E-state index contributed by atoms with van der Waals surface area (Å²) in [5.41, 5.74) is 11.9. The molecule has 2 aromatic carbocycles. The Hall–Kier alpha value is -1.87. The van der Waals surface area contributed by atoms with Crippen LogP contribution in [0.5, 0.6) is 0 Å². The summed E-state index contributed by atoms with van der Waals surface area (Å²) >= 11 is 0. The zero-order chi connectivity index (χ0) is 14.3. The van der Waals surface area contributed by atoms with Crippen molar-refractivity contribution >= 4 is 5.69 Å². The van der Waals surface area contributed by atoms with Crippen LogP contribution in [0.1, 0.15) is 27.8 Å². The lowest BCUT2D eigenvalue weighted by Gasteiger charge is -2.16. The molecule has 0 radical (unpaired) electrons. The van der Waals surface area contributed by atoms with Gasteiger partial charge in [-0.15, -0.1) is 0 Å². The van der Waals surface area contributed by atoms with Gasteiger partial charge < -0.3 is 5.73 Å². The third kappa shape index (κ3) is 2.41. The fourth-order valence-corrected chi connectivity index (χ4v) is 2.98. The summed E-state index contributed by atoms with van der Waals surface area (Å²) in [6.45, 7) is 6.34. The molecule has 2 nitrogen and oxygen atoms in total. The maximum absolute atomic E-state index is 13.7. The lowest BCUT2D eigenvalue weighted by molar-refractivity contribution is 0.275. The number of nitrogens with zero attached hydrogens (tertiary/aromatic N) is 1. The quantitative estimate of drug-likeness (QED) is 0.846. The molecule has 3 rings (SSSR count). The van der Waals surface area contributed by atoms with E-state index in [1.807, 2.05) is 32.0 Å². The third-order valence-corrected chi connectivity index (χ3v) is 3.92. The second-order valence-electron chi connectivity index (χ2n) is 5.72. The van der Waals surface area contributed by atoms with Gasteiger partial charge in [-0.1, -0.05) is 18.2 Å². The molecular weight excluding hydrogens is 251 g/mol. The van der Waals surface area contributed by atoms with Crippen molar-refractivity contribution in [3.8, 4) is 0 Å². The van der Waals surface area contributed by atoms with E-state index in [2.05, 4.69) is 17.0 Å². The van der Waals surface area contributed by atoms with Crippen molar-refractivity contribution in [2.24, 2.45) is 0 Å². The van der Waals surface area contributed by atoms with E-state index in [1.165, 1.54) is 16.7 Å². The topological polar surface area (TPSA) is 29.3 Å². The van der Waals surface area contributed by atoms with Gasteiger partial charge in [-0.25, -0.2) is 4.39 Å². The second kappa shape index (κ2) is 4.91. The first-order chi connectivity index (χ1) is 9.52. The Morgan fingerprint density at radius 1 is 1.05 bits per heavy atom. The molecule has 2 aromatic rings. The van der Waals surface area contributed by atoms with Gasteiger partial charge in [0.1, 0.15) is 5.82 Å². The molecule has 0 spiro atoms. The minimum absolute atomic E-state index is 0.0915. The highest BCUT2D eigenvalue weighted by atomic mass is 19.1. The predicted molar refractivity (Wildman–Crippen MR) is 79.7 cm³/mol. The van der Waals surface area contributed by atoms with E-state index in [9.17, 15) is 4.39 Å². The summed E-state index contributed by atoms with van der Waals surface area (Å²) in [7, 11) is 0. The first-order valence-electron chi connectivity index (χ1n) is 6.88. The Balaban J connectivity index is 1.78. The van der Waals surface area contributed by atoms with E-state index in [1.54, 1.807) is 0 Å². The number of hydrogen-bond donors (Lipinski definition) is 1. The largest absolute Gasteiger partial charge is 0.399 e. The average Bonchev–Trinajstić information content (AvgIpc) is 2.77. The summed E-state index contributed by atoms with van der Waals surface area (Å²) in [5, 5.41) is 0. The van der Waals surface area contributed by atoms with E-state index in [0.29, 0.717) is 0 Å². The summed E-state index contributed by atoms with van der Waals surface area (Å²) < 4.78 is 13.7. The Morgan fingerprint density at radius 3 is 2.40 bits per heavy atom. The van der Waals surface area contributed by atoms with Crippen LogP contribution in [0.3, 0.4) is 0 Å². The summed E-state index contributed by atoms with van der Waals surface area (Å²) in [4.78, 5) is 2.36. The van der Waals surface area contributed by atoms with Gasteiger partial charge in [0.05, 0.1) is 0 Å². The standard InChI is InChI=1S/C17H19FN2/c1-11-5-13(6-12(2)17(11)18)8-20-9-14-3-4-16(19)7-15(14)10-20/h3-7H,8-10,19H2,1-2H3. The highest BCUT2D eigenvalue weighted by Gasteiger charge is 2.19. The number of benzene rings is 2. The molecule has 0 saturated heterocycles. The van der Waals surface area contributed by atoms with Gasteiger partial charge in [-0.05, 0) is 53.8 Å². The molecule has 2 N–H and O–H groups in total. The molecule has 1 aliphatic rings. The molecule has 0 unspecified atom stereocenters. The molecule has 0 fully saturated rings. The number of anilines is 1. The average molecular weight is 270 g/mol. The van der Waals surface area contributed by atoms with E-state index in [4.69, 9.17) is 5.73 Å². The highest BCUT2D eigenvalue weighted by Crippen LogP contribution is 2.26. The number of rotatable bonds is 2. The second-order valence-corrected chi connectivity index (χ2v) is 5.72. The molecular formula is C17H19FN2. The maximum Gasteiger partial charge on any atom is 0.129 e. The zero-order valence-corrected chi connectivity index (χ0v) is 11.9. The normalized spacial score (nSPS) is 14.6. The third-order valence-electron chi connectivity index (χ3n) is 3.92.